The third-order valence-corrected chi connectivity index (χ3v) is 3.05. The number of anilines is 1. The number of aromatic nitrogens is 3. The van der Waals surface area contributed by atoms with Crippen LogP contribution in [-0.2, 0) is 0 Å². The largest absolute Gasteiger partial charge is 0.373 e. The van der Waals surface area contributed by atoms with Gasteiger partial charge in [-0.15, -0.1) is 0 Å². The van der Waals surface area contributed by atoms with E-state index in [1.807, 2.05) is 40.9 Å². The topological polar surface area (TPSA) is 50.7 Å². The van der Waals surface area contributed by atoms with Crippen molar-refractivity contribution in [1.29, 1.82) is 0 Å². The van der Waals surface area contributed by atoms with Gasteiger partial charge in [0.25, 0.3) is 0 Å². The molecule has 0 bridgehead atoms. The highest BCUT2D eigenvalue weighted by atomic mass is 15.0. The highest BCUT2D eigenvalue weighted by Crippen LogP contribution is 2.22. The summed E-state index contributed by atoms with van der Waals surface area (Å²) in [5.74, 6) is 1.54. The smallest absolute Gasteiger partial charge is 0.180 e. The molecule has 18 heavy (non-hydrogen) atoms. The van der Waals surface area contributed by atoms with Gasteiger partial charge >= 0.3 is 0 Å². The molecule has 0 unspecified atom stereocenters. The van der Waals surface area contributed by atoms with Gasteiger partial charge in [0.1, 0.15) is 11.5 Å². The van der Waals surface area contributed by atoms with Gasteiger partial charge in [-0.05, 0) is 38.8 Å². The molecule has 2 heterocycles. The molecule has 4 heteroatoms. The molecule has 0 atom stereocenters. The van der Waals surface area contributed by atoms with E-state index in [-0.39, 0.29) is 0 Å². The molecule has 2 aromatic heterocycles. The maximum atomic E-state index is 4.53. The third-order valence-electron chi connectivity index (χ3n) is 3.05. The van der Waals surface area contributed by atoms with Gasteiger partial charge in [0, 0.05) is 24.5 Å². The lowest BCUT2D eigenvalue weighted by Gasteiger charge is -2.10. The average molecular weight is 242 g/mol. The number of hydrogen-bond acceptors (Lipinski definition) is 4. The van der Waals surface area contributed by atoms with Gasteiger partial charge < -0.3 is 5.32 Å². The van der Waals surface area contributed by atoms with Crippen molar-refractivity contribution in [3.05, 3.63) is 34.6 Å². The van der Waals surface area contributed by atoms with Crippen LogP contribution in [0.15, 0.2) is 12.3 Å². The van der Waals surface area contributed by atoms with Crippen molar-refractivity contribution < 1.29 is 0 Å². The summed E-state index contributed by atoms with van der Waals surface area (Å²) in [6.07, 6.45) is 1.85. The zero-order valence-electron chi connectivity index (χ0n) is 11.5. The van der Waals surface area contributed by atoms with Crippen LogP contribution in [0.2, 0.25) is 0 Å². The van der Waals surface area contributed by atoms with E-state index < -0.39 is 0 Å². The number of rotatable bonds is 2. The van der Waals surface area contributed by atoms with Crippen LogP contribution >= 0.6 is 0 Å². The minimum Gasteiger partial charge on any atom is -0.373 e. The van der Waals surface area contributed by atoms with Crippen LogP contribution < -0.4 is 5.32 Å². The molecule has 0 aliphatic heterocycles. The lowest BCUT2D eigenvalue weighted by atomic mass is 10.1. The van der Waals surface area contributed by atoms with E-state index in [0.29, 0.717) is 5.82 Å². The molecular weight excluding hydrogens is 224 g/mol. The maximum absolute atomic E-state index is 4.53. The molecule has 0 amide bonds. The minimum atomic E-state index is 0.681. The number of nitrogens with zero attached hydrogens (tertiary/aromatic N) is 3. The Labute approximate surface area is 108 Å². The van der Waals surface area contributed by atoms with Crippen molar-refractivity contribution in [1.82, 2.24) is 15.0 Å². The molecule has 0 saturated carbocycles. The molecule has 0 aromatic carbocycles. The van der Waals surface area contributed by atoms with Gasteiger partial charge in [-0.3, -0.25) is 4.98 Å². The van der Waals surface area contributed by atoms with Crippen LogP contribution in [-0.4, -0.2) is 22.0 Å². The van der Waals surface area contributed by atoms with Crippen LogP contribution in [0, 0.1) is 27.7 Å². The molecule has 4 nitrogen and oxygen atoms in total. The lowest BCUT2D eigenvalue weighted by Crippen LogP contribution is -2.04. The second kappa shape index (κ2) is 4.72. The van der Waals surface area contributed by atoms with Crippen molar-refractivity contribution in [2.45, 2.75) is 27.7 Å². The van der Waals surface area contributed by atoms with E-state index in [2.05, 4.69) is 26.3 Å². The van der Waals surface area contributed by atoms with Crippen molar-refractivity contribution in [2.24, 2.45) is 0 Å². The first-order valence-electron chi connectivity index (χ1n) is 5.99. The van der Waals surface area contributed by atoms with Crippen molar-refractivity contribution in [2.75, 3.05) is 12.4 Å². The van der Waals surface area contributed by atoms with E-state index in [1.165, 1.54) is 0 Å². The highest BCUT2D eigenvalue weighted by Gasteiger charge is 2.11. The predicted octanol–water partition coefficient (Wildman–Crippen LogP) is 2.81. The fourth-order valence-corrected chi connectivity index (χ4v) is 1.93. The molecule has 0 saturated heterocycles. The first kappa shape index (κ1) is 12.5. The molecule has 0 radical (unpaired) electrons. The first-order valence-corrected chi connectivity index (χ1v) is 5.99. The summed E-state index contributed by atoms with van der Waals surface area (Å²) < 4.78 is 0. The highest BCUT2D eigenvalue weighted by molar-refractivity contribution is 5.59. The van der Waals surface area contributed by atoms with Gasteiger partial charge in [-0.2, -0.15) is 0 Å². The van der Waals surface area contributed by atoms with Gasteiger partial charge in [0.05, 0.1) is 0 Å². The standard InChI is InChI=1S/C14H18N4/c1-8-6-9(2)12(16-7-8)14-17-11(4)10(3)13(15-5)18-14/h6-7H,1-5H3,(H,15,17,18). The van der Waals surface area contributed by atoms with Crippen molar-refractivity contribution in [3.8, 4) is 11.5 Å². The van der Waals surface area contributed by atoms with Crippen LogP contribution in [0.25, 0.3) is 11.5 Å². The van der Waals surface area contributed by atoms with Crippen LogP contribution in [0.4, 0.5) is 5.82 Å². The molecule has 94 valence electrons. The Balaban J connectivity index is 2.60. The number of nitrogens with one attached hydrogen (secondary N) is 1. The van der Waals surface area contributed by atoms with Crippen LogP contribution in [0.5, 0.6) is 0 Å². The Kier molecular flexibility index (Phi) is 3.28. The Morgan fingerprint density at radius 2 is 1.78 bits per heavy atom. The Hall–Kier alpha value is -1.97. The second-order valence-corrected chi connectivity index (χ2v) is 4.53. The third kappa shape index (κ3) is 2.18. The Morgan fingerprint density at radius 1 is 1.06 bits per heavy atom. The maximum Gasteiger partial charge on any atom is 0.180 e. The molecular formula is C14H18N4. The zero-order valence-corrected chi connectivity index (χ0v) is 11.5. The summed E-state index contributed by atoms with van der Waals surface area (Å²) in [7, 11) is 1.87. The monoisotopic (exact) mass is 242 g/mol. The molecule has 0 spiro atoms. The molecule has 0 aliphatic carbocycles. The van der Waals surface area contributed by atoms with Crippen molar-refractivity contribution >= 4 is 5.82 Å². The van der Waals surface area contributed by atoms with Crippen molar-refractivity contribution in [3.63, 3.8) is 0 Å². The van der Waals surface area contributed by atoms with Crippen LogP contribution in [0.3, 0.4) is 0 Å². The van der Waals surface area contributed by atoms with E-state index in [1.54, 1.807) is 0 Å². The minimum absolute atomic E-state index is 0.681. The van der Waals surface area contributed by atoms with Gasteiger partial charge in [0.15, 0.2) is 5.82 Å². The van der Waals surface area contributed by atoms with Gasteiger partial charge in [-0.25, -0.2) is 9.97 Å². The molecule has 2 rings (SSSR count). The summed E-state index contributed by atoms with van der Waals surface area (Å²) in [4.78, 5) is 13.5. The fourth-order valence-electron chi connectivity index (χ4n) is 1.93. The zero-order chi connectivity index (χ0) is 13.3. The van der Waals surface area contributed by atoms with Gasteiger partial charge in [-0.1, -0.05) is 6.07 Å². The molecule has 0 aliphatic rings. The first-order chi connectivity index (χ1) is 8.52. The molecule has 1 N–H and O–H groups in total. The van der Waals surface area contributed by atoms with Crippen LogP contribution in [0.1, 0.15) is 22.4 Å². The number of aryl methyl sites for hydroxylation is 3. The second-order valence-electron chi connectivity index (χ2n) is 4.53. The summed E-state index contributed by atoms with van der Waals surface area (Å²) in [5, 5.41) is 3.10. The predicted molar refractivity (Wildman–Crippen MR) is 73.8 cm³/mol. The summed E-state index contributed by atoms with van der Waals surface area (Å²) in [5.41, 5.74) is 5.14. The Morgan fingerprint density at radius 3 is 2.39 bits per heavy atom. The van der Waals surface area contributed by atoms with E-state index in [9.17, 15) is 0 Å². The quantitative estimate of drug-likeness (QED) is 0.879. The summed E-state index contributed by atoms with van der Waals surface area (Å²) in [6, 6.07) is 2.10. The number of hydrogen-bond donors (Lipinski definition) is 1. The Bertz CT molecular complexity index is 591. The summed E-state index contributed by atoms with van der Waals surface area (Å²) >= 11 is 0. The number of pyridine rings is 1. The summed E-state index contributed by atoms with van der Waals surface area (Å²) in [6.45, 7) is 8.07. The van der Waals surface area contributed by atoms with E-state index >= 15 is 0 Å². The fraction of sp³-hybridized carbons (Fsp3) is 0.357. The normalized spacial score (nSPS) is 10.5. The van der Waals surface area contributed by atoms with Gasteiger partial charge in [0.2, 0.25) is 0 Å². The average Bonchev–Trinajstić information content (AvgIpc) is 2.32. The molecule has 2 aromatic rings. The lowest BCUT2D eigenvalue weighted by molar-refractivity contribution is 1.04. The van der Waals surface area contributed by atoms with E-state index in [0.717, 1.165) is 33.9 Å². The SMILES string of the molecule is CNc1nc(-c2ncc(C)cc2C)nc(C)c1C. The van der Waals surface area contributed by atoms with E-state index in [4.69, 9.17) is 0 Å². The molecule has 0 fully saturated rings.